The summed E-state index contributed by atoms with van der Waals surface area (Å²) in [6.45, 7) is 2.65. The van der Waals surface area contributed by atoms with E-state index in [1.807, 2.05) is 6.07 Å². The Hall–Kier alpha value is -2.18. The van der Waals surface area contributed by atoms with Crippen molar-refractivity contribution in [3.05, 3.63) is 74.1 Å². The summed E-state index contributed by atoms with van der Waals surface area (Å²) in [5, 5.41) is 11.9. The van der Waals surface area contributed by atoms with E-state index in [-0.39, 0.29) is 11.7 Å². The van der Waals surface area contributed by atoms with Gasteiger partial charge in [-0.15, -0.1) is 11.3 Å². The van der Waals surface area contributed by atoms with E-state index in [1.54, 1.807) is 11.3 Å². The van der Waals surface area contributed by atoms with Crippen LogP contribution in [0.15, 0.2) is 46.6 Å². The predicted octanol–water partition coefficient (Wildman–Crippen LogP) is 2.54. The Balaban J connectivity index is 1.77. The SMILES string of the molecule is Cc1ccsc1[C@@H](Cc1ccccc1)NCc1n[nH]c(=O)[nH]1. The predicted molar refractivity (Wildman–Crippen MR) is 88.0 cm³/mol. The van der Waals surface area contributed by atoms with Gasteiger partial charge < -0.3 is 5.32 Å². The van der Waals surface area contributed by atoms with Crippen LogP contribution in [0.25, 0.3) is 0 Å². The van der Waals surface area contributed by atoms with Gasteiger partial charge in [-0.1, -0.05) is 30.3 Å². The number of aryl methyl sites for hydroxylation is 1. The summed E-state index contributed by atoms with van der Waals surface area (Å²) >= 11 is 1.75. The third kappa shape index (κ3) is 3.52. The smallest absolute Gasteiger partial charge is 0.302 e. The molecule has 6 heteroatoms. The van der Waals surface area contributed by atoms with E-state index in [4.69, 9.17) is 0 Å². The minimum absolute atomic E-state index is 0.197. The van der Waals surface area contributed by atoms with Gasteiger partial charge in [-0.25, -0.2) is 9.89 Å². The second-order valence-electron chi connectivity index (χ2n) is 5.22. The third-order valence-electron chi connectivity index (χ3n) is 3.57. The Bertz CT molecular complexity index is 775. The number of thiophene rings is 1. The van der Waals surface area contributed by atoms with Crippen molar-refractivity contribution in [2.75, 3.05) is 0 Å². The maximum Gasteiger partial charge on any atom is 0.340 e. The molecule has 22 heavy (non-hydrogen) atoms. The minimum Gasteiger partial charge on any atom is -0.302 e. The van der Waals surface area contributed by atoms with E-state index in [0.717, 1.165) is 6.42 Å². The van der Waals surface area contributed by atoms with Crippen molar-refractivity contribution < 1.29 is 0 Å². The molecule has 114 valence electrons. The Kier molecular flexibility index (Phi) is 4.50. The molecule has 0 aliphatic carbocycles. The Morgan fingerprint density at radius 1 is 1.27 bits per heavy atom. The molecule has 0 aliphatic rings. The van der Waals surface area contributed by atoms with Gasteiger partial charge in [-0.3, -0.25) is 4.98 Å². The highest BCUT2D eigenvalue weighted by atomic mass is 32.1. The number of nitrogens with zero attached hydrogens (tertiary/aromatic N) is 1. The first kappa shape index (κ1) is 14.7. The molecule has 0 spiro atoms. The van der Waals surface area contributed by atoms with Crippen LogP contribution in [0, 0.1) is 6.92 Å². The number of aromatic amines is 2. The molecule has 1 atom stereocenters. The standard InChI is InChI=1S/C16H18N4OS/c1-11-7-8-22-15(11)13(9-12-5-3-2-4-6-12)17-10-14-18-16(21)20-19-14/h2-8,13,17H,9-10H2,1H3,(H2,18,19,20,21)/t13-/m1/s1. The first-order valence-corrected chi connectivity index (χ1v) is 8.05. The third-order valence-corrected chi connectivity index (χ3v) is 4.70. The topological polar surface area (TPSA) is 73.6 Å². The lowest BCUT2D eigenvalue weighted by Gasteiger charge is -2.18. The van der Waals surface area contributed by atoms with Gasteiger partial charge in [-0.2, -0.15) is 5.10 Å². The summed E-state index contributed by atoms with van der Waals surface area (Å²) in [4.78, 5) is 15.1. The van der Waals surface area contributed by atoms with Gasteiger partial charge >= 0.3 is 5.69 Å². The zero-order chi connectivity index (χ0) is 15.4. The van der Waals surface area contributed by atoms with Crippen LogP contribution in [0.4, 0.5) is 0 Å². The van der Waals surface area contributed by atoms with Gasteiger partial charge in [0.05, 0.1) is 6.54 Å². The highest BCUT2D eigenvalue weighted by molar-refractivity contribution is 7.10. The summed E-state index contributed by atoms with van der Waals surface area (Å²) in [5.41, 5.74) is 2.29. The van der Waals surface area contributed by atoms with Crippen LogP contribution in [0.2, 0.25) is 0 Å². The maximum absolute atomic E-state index is 11.1. The van der Waals surface area contributed by atoms with Crippen LogP contribution in [0.3, 0.4) is 0 Å². The molecule has 0 bridgehead atoms. The van der Waals surface area contributed by atoms with Crippen molar-refractivity contribution in [1.82, 2.24) is 20.5 Å². The molecule has 0 unspecified atom stereocenters. The van der Waals surface area contributed by atoms with Gasteiger partial charge in [0.2, 0.25) is 0 Å². The van der Waals surface area contributed by atoms with E-state index < -0.39 is 0 Å². The lowest BCUT2D eigenvalue weighted by molar-refractivity contribution is 0.525. The van der Waals surface area contributed by atoms with E-state index in [9.17, 15) is 4.79 Å². The first-order chi connectivity index (χ1) is 10.7. The van der Waals surface area contributed by atoms with Crippen molar-refractivity contribution in [1.29, 1.82) is 0 Å². The highest BCUT2D eigenvalue weighted by Gasteiger charge is 2.16. The van der Waals surface area contributed by atoms with E-state index in [1.165, 1.54) is 16.0 Å². The van der Waals surface area contributed by atoms with Gasteiger partial charge in [0.15, 0.2) is 0 Å². The van der Waals surface area contributed by atoms with Crippen molar-refractivity contribution in [2.45, 2.75) is 25.9 Å². The molecular formula is C16H18N4OS. The summed E-state index contributed by atoms with van der Waals surface area (Å²) in [5.74, 6) is 0.622. The molecule has 0 fully saturated rings. The largest absolute Gasteiger partial charge is 0.340 e. The lowest BCUT2D eigenvalue weighted by Crippen LogP contribution is -2.23. The molecule has 0 aliphatic heterocycles. The van der Waals surface area contributed by atoms with Crippen LogP contribution < -0.4 is 11.0 Å². The van der Waals surface area contributed by atoms with E-state index in [2.05, 4.69) is 63.1 Å². The van der Waals surface area contributed by atoms with Gasteiger partial charge in [0, 0.05) is 10.9 Å². The molecule has 0 amide bonds. The lowest BCUT2D eigenvalue weighted by atomic mass is 10.0. The van der Waals surface area contributed by atoms with Crippen LogP contribution in [0.1, 0.15) is 27.9 Å². The highest BCUT2D eigenvalue weighted by Crippen LogP contribution is 2.27. The summed E-state index contributed by atoms with van der Waals surface area (Å²) in [6.07, 6.45) is 0.900. The normalized spacial score (nSPS) is 12.4. The van der Waals surface area contributed by atoms with Crippen molar-refractivity contribution in [3.8, 4) is 0 Å². The average molecular weight is 314 g/mol. The molecule has 0 radical (unpaired) electrons. The van der Waals surface area contributed by atoms with Crippen LogP contribution in [-0.4, -0.2) is 15.2 Å². The molecule has 3 rings (SSSR count). The number of H-pyrrole nitrogens is 2. The molecule has 3 N–H and O–H groups in total. The maximum atomic E-state index is 11.1. The molecule has 1 aromatic carbocycles. The number of rotatable bonds is 6. The molecule has 0 saturated heterocycles. The number of hydrogen-bond acceptors (Lipinski definition) is 4. The van der Waals surface area contributed by atoms with Crippen molar-refractivity contribution >= 4 is 11.3 Å². The number of aromatic nitrogens is 3. The molecule has 5 nitrogen and oxygen atoms in total. The number of nitrogens with one attached hydrogen (secondary N) is 3. The fourth-order valence-corrected chi connectivity index (χ4v) is 3.46. The quantitative estimate of drug-likeness (QED) is 0.654. The summed E-state index contributed by atoms with van der Waals surface area (Å²) < 4.78 is 0. The monoisotopic (exact) mass is 314 g/mol. The Labute approximate surface area is 132 Å². The van der Waals surface area contributed by atoms with E-state index >= 15 is 0 Å². The fourth-order valence-electron chi connectivity index (χ4n) is 2.46. The summed E-state index contributed by atoms with van der Waals surface area (Å²) in [7, 11) is 0. The average Bonchev–Trinajstić information content (AvgIpc) is 3.13. The second kappa shape index (κ2) is 6.72. The fraction of sp³-hybridized carbons (Fsp3) is 0.250. The zero-order valence-electron chi connectivity index (χ0n) is 12.3. The van der Waals surface area contributed by atoms with E-state index in [0.29, 0.717) is 12.4 Å². The molecule has 3 aromatic rings. The van der Waals surface area contributed by atoms with Gasteiger partial charge in [0.1, 0.15) is 5.82 Å². The Morgan fingerprint density at radius 2 is 2.09 bits per heavy atom. The van der Waals surface area contributed by atoms with Crippen LogP contribution in [-0.2, 0) is 13.0 Å². The molecule has 2 aromatic heterocycles. The van der Waals surface area contributed by atoms with Crippen molar-refractivity contribution in [3.63, 3.8) is 0 Å². The number of benzene rings is 1. The first-order valence-electron chi connectivity index (χ1n) is 7.17. The van der Waals surface area contributed by atoms with Crippen LogP contribution >= 0.6 is 11.3 Å². The zero-order valence-corrected chi connectivity index (χ0v) is 13.1. The van der Waals surface area contributed by atoms with Gasteiger partial charge in [0.25, 0.3) is 0 Å². The molecular weight excluding hydrogens is 296 g/mol. The molecule has 2 heterocycles. The van der Waals surface area contributed by atoms with Crippen molar-refractivity contribution in [2.24, 2.45) is 0 Å². The number of hydrogen-bond donors (Lipinski definition) is 3. The van der Waals surface area contributed by atoms with Gasteiger partial charge in [-0.05, 0) is 35.9 Å². The second-order valence-corrected chi connectivity index (χ2v) is 6.16. The molecule has 0 saturated carbocycles. The summed E-state index contributed by atoms with van der Waals surface area (Å²) in [6, 6.07) is 12.7. The van der Waals surface area contributed by atoms with Crippen LogP contribution in [0.5, 0.6) is 0 Å². The minimum atomic E-state index is -0.274. The Morgan fingerprint density at radius 3 is 2.73 bits per heavy atom.